The first-order valence-corrected chi connectivity index (χ1v) is 32.6. The van der Waals surface area contributed by atoms with E-state index in [2.05, 4.69) is 16.0 Å². The molecule has 4 saturated heterocycles. The second-order valence-corrected chi connectivity index (χ2v) is 27.0. The quantitative estimate of drug-likeness (QED) is 0.0194. The van der Waals surface area contributed by atoms with Gasteiger partial charge in [-0.2, -0.15) is 0 Å². The highest BCUT2D eigenvalue weighted by Crippen LogP contribution is 2.51. The van der Waals surface area contributed by atoms with Crippen molar-refractivity contribution >= 4 is 41.4 Å². The van der Waals surface area contributed by atoms with E-state index in [1.807, 2.05) is 0 Å². The Balaban J connectivity index is 1.11. The molecule has 3 aromatic carbocycles. The van der Waals surface area contributed by atoms with Crippen LogP contribution in [0.3, 0.4) is 0 Å². The molecule has 5 heterocycles. The number of nitrogens with one attached hydrogen (secondary N) is 3. The molecular weight excluding hydrogens is 1340 g/mol. The molecule has 0 spiro atoms. The highest BCUT2D eigenvalue weighted by molar-refractivity contribution is 7.99. The van der Waals surface area contributed by atoms with Gasteiger partial charge in [0.1, 0.15) is 96.6 Å². The number of carbonyl (C=O) groups excluding carboxylic acids is 4. The van der Waals surface area contributed by atoms with E-state index in [0.717, 1.165) is 44.2 Å². The summed E-state index contributed by atoms with van der Waals surface area (Å²) >= 11 is 0.690. The lowest BCUT2D eigenvalue weighted by Gasteiger charge is -2.52. The zero-order chi connectivity index (χ0) is 73.3. The van der Waals surface area contributed by atoms with Crippen molar-refractivity contribution in [2.45, 2.75) is 220 Å². The SMILES string of the molecule is CC(=O)NC1C(O[C@@H]2OC(C(=O)O)[C@@H](OC(C)C)C(O)C2O)[C@H](O)C(CO)O[C@H]1C(C)C(C)(C)O[C@@H]1C(C(=O)NCCSc2c([C@H]3Oc4cc(O)cc(O)c4C[C@H]3OC(=O)c3cc(O)c(O)c(O)c3)cc(O)c(O)c2O)O[C@@H](OC2C(NC(C)=O)[C@H](C(C)C)OC(CO)[C@H]2O)C(O)C1O. The van der Waals surface area contributed by atoms with Gasteiger partial charge in [0.25, 0.3) is 5.91 Å². The van der Waals surface area contributed by atoms with E-state index in [0.29, 0.717) is 11.8 Å². The molecule has 13 unspecified atom stereocenters. The Kier molecular flexibility index (Phi) is 25.0. The van der Waals surface area contributed by atoms with Crippen molar-refractivity contribution < 1.29 is 158 Å². The normalized spacial score (nSPS) is 32.8. The zero-order valence-electron chi connectivity index (χ0n) is 55.0. The molecule has 36 heteroatoms. The first-order valence-electron chi connectivity index (χ1n) is 31.6. The summed E-state index contributed by atoms with van der Waals surface area (Å²) in [4.78, 5) is 66.8. The molecule has 35 nitrogen and oxygen atoms in total. The van der Waals surface area contributed by atoms with E-state index in [1.165, 1.54) is 34.6 Å². The molecule has 0 bridgehead atoms. The second-order valence-electron chi connectivity index (χ2n) is 25.9. The number of hydrogen-bond acceptors (Lipinski definition) is 32. The molecule has 5 aliphatic rings. The van der Waals surface area contributed by atoms with Crippen LogP contribution >= 0.6 is 11.8 Å². The van der Waals surface area contributed by atoms with Crippen molar-refractivity contribution in [2.24, 2.45) is 11.8 Å². The van der Waals surface area contributed by atoms with E-state index in [9.17, 15) is 106 Å². The maximum atomic E-state index is 15.0. The molecule has 0 aromatic heterocycles. The number of carboxylic acid groups (broad SMARTS) is 1. The third-order valence-electron chi connectivity index (χ3n) is 17.8. The summed E-state index contributed by atoms with van der Waals surface area (Å²) in [7, 11) is 0. The first kappa shape index (κ1) is 77.7. The van der Waals surface area contributed by atoms with Crippen molar-refractivity contribution in [3.63, 3.8) is 0 Å². The number of carboxylic acids is 1. The van der Waals surface area contributed by atoms with Gasteiger partial charge in [-0.25, -0.2) is 9.59 Å². The summed E-state index contributed by atoms with van der Waals surface area (Å²) in [5.41, 5.74) is -2.54. The van der Waals surface area contributed by atoms with Crippen molar-refractivity contribution in [1.29, 1.82) is 0 Å². The van der Waals surface area contributed by atoms with Crippen LogP contribution in [-0.2, 0) is 68.2 Å². The van der Waals surface area contributed by atoms with Gasteiger partial charge < -0.3 is 150 Å². The predicted octanol–water partition coefficient (Wildman–Crippen LogP) is -2.31. The van der Waals surface area contributed by atoms with Gasteiger partial charge in [0.2, 0.25) is 17.6 Å². The number of phenols is 8. The summed E-state index contributed by atoms with van der Waals surface area (Å²) in [5.74, 6) is -14.3. The number of aromatic hydroxyl groups is 8. The molecule has 23 atom stereocenters. The standard InChI is InChI=1S/C63H87N3O32S/c1-20(2)48-37(65-23(6)69)51(41(78)35(18-67)91-48)94-61-47(84)44(81)54(98-63(8,9)22(5)49-38(66-24(7)70)52(42(79)36(19-68)92-49)95-62-46(83)43(80)53(89-21(3)4)56(97-62)59(86)87)55(96-61)58(85)64-10-11-99-57-28(16-32(75)40(77)45(57)82)50-34(17-27-29(72)14-26(71)15-33(27)90-50)93-60(88)25-12-30(73)39(76)31(74)13-25/h12-16,20-22,34-38,41-44,46-56,61-62,67-68,71-84H,10-11,17-19H2,1-9H3,(H,64,85)(H,65,69)(H,66,70)(H,86,87)/t22?,34-,35?,36?,37?,38?,41-,42-,43?,44?,46?,47?,48+,49+,50-,51?,52?,53+,54+,55?,56?,61-,62-/m1/s1. The van der Waals surface area contributed by atoms with Crippen LogP contribution in [0.1, 0.15) is 89.9 Å². The lowest BCUT2D eigenvalue weighted by Crippen LogP contribution is -2.71. The van der Waals surface area contributed by atoms with E-state index >= 15 is 4.79 Å². The molecule has 8 rings (SSSR count). The number of ether oxygens (including phenoxy) is 10. The lowest BCUT2D eigenvalue weighted by molar-refractivity contribution is -0.343. The maximum absolute atomic E-state index is 15.0. The number of thioether (sulfide) groups is 1. The molecule has 3 amide bonds. The minimum atomic E-state index is -2.23. The number of fused-ring (bicyclic) bond motifs is 1. The number of aliphatic hydroxyl groups excluding tert-OH is 8. The Hall–Kier alpha value is -7.08. The van der Waals surface area contributed by atoms with Crippen LogP contribution in [0.4, 0.5) is 0 Å². The van der Waals surface area contributed by atoms with Crippen molar-refractivity contribution in [1.82, 2.24) is 16.0 Å². The van der Waals surface area contributed by atoms with Crippen LogP contribution in [-0.4, -0.2) is 282 Å². The minimum Gasteiger partial charge on any atom is -0.508 e. The van der Waals surface area contributed by atoms with Gasteiger partial charge in [0.15, 0.2) is 59.6 Å². The third-order valence-corrected chi connectivity index (χ3v) is 19.0. The molecule has 3 aromatic rings. The first-order chi connectivity index (χ1) is 46.4. The maximum Gasteiger partial charge on any atom is 0.338 e. The van der Waals surface area contributed by atoms with Crippen LogP contribution in [0.2, 0.25) is 0 Å². The molecule has 4 fully saturated rings. The van der Waals surface area contributed by atoms with Crippen LogP contribution in [0, 0.1) is 11.8 Å². The topological polar surface area (TPSA) is 558 Å². The van der Waals surface area contributed by atoms with Crippen LogP contribution in [0.15, 0.2) is 35.2 Å². The number of esters is 1. The fourth-order valence-corrected chi connectivity index (χ4v) is 13.6. The monoisotopic (exact) mass is 1430 g/mol. The van der Waals surface area contributed by atoms with E-state index < -0.39 is 265 Å². The Morgan fingerprint density at radius 1 is 0.626 bits per heavy atom. The summed E-state index contributed by atoms with van der Waals surface area (Å²) in [6.45, 7) is 10.9. The minimum absolute atomic E-state index is 0.00676. The summed E-state index contributed by atoms with van der Waals surface area (Å²) in [6.07, 6.45) is -37.0. The van der Waals surface area contributed by atoms with Gasteiger partial charge in [0, 0.05) is 61.7 Å². The van der Waals surface area contributed by atoms with Crippen molar-refractivity contribution in [2.75, 3.05) is 25.5 Å². The Bertz CT molecular complexity index is 3360. The molecule has 20 N–H and O–H groups in total. The average Bonchev–Trinajstić information content (AvgIpc) is 0.759. The van der Waals surface area contributed by atoms with E-state index in [-0.39, 0.29) is 27.5 Å². The molecule has 5 aliphatic heterocycles. The molecular formula is C63H87N3O32S. The van der Waals surface area contributed by atoms with Crippen LogP contribution in [0.25, 0.3) is 0 Å². The zero-order valence-corrected chi connectivity index (χ0v) is 55.8. The van der Waals surface area contributed by atoms with Gasteiger partial charge in [-0.1, -0.05) is 20.8 Å². The number of aliphatic hydroxyl groups is 8. The number of benzene rings is 3. The van der Waals surface area contributed by atoms with Crippen LogP contribution in [0.5, 0.6) is 51.7 Å². The van der Waals surface area contributed by atoms with Gasteiger partial charge in [-0.3, -0.25) is 14.4 Å². The summed E-state index contributed by atoms with van der Waals surface area (Å²) < 4.78 is 60.7. The molecule has 99 heavy (non-hydrogen) atoms. The summed E-state index contributed by atoms with van der Waals surface area (Å²) in [6, 6.07) is 1.75. The van der Waals surface area contributed by atoms with Crippen molar-refractivity contribution in [3.8, 4) is 51.7 Å². The number of amides is 3. The van der Waals surface area contributed by atoms with E-state index in [4.69, 9.17) is 47.4 Å². The number of carbonyl (C=O) groups is 5. The van der Waals surface area contributed by atoms with Gasteiger partial charge in [0.05, 0.1) is 59.7 Å². The van der Waals surface area contributed by atoms with Gasteiger partial charge in [-0.15, -0.1) is 11.8 Å². The Morgan fingerprint density at radius 2 is 1.15 bits per heavy atom. The molecule has 0 saturated carbocycles. The summed E-state index contributed by atoms with van der Waals surface area (Å²) in [5, 5.41) is 194. The fraction of sp³-hybridized carbons (Fsp3) is 0.635. The van der Waals surface area contributed by atoms with Gasteiger partial charge in [-0.05, 0) is 51.8 Å². The fourth-order valence-electron chi connectivity index (χ4n) is 12.6. The third kappa shape index (κ3) is 16.8. The number of phenolic OH excluding ortho intramolecular Hbond substituents is 8. The molecule has 0 radical (unpaired) electrons. The van der Waals surface area contributed by atoms with Crippen molar-refractivity contribution in [3.05, 3.63) is 47.0 Å². The van der Waals surface area contributed by atoms with E-state index in [1.54, 1.807) is 13.8 Å². The molecule has 552 valence electrons. The highest BCUT2D eigenvalue weighted by atomic mass is 32.2. The van der Waals surface area contributed by atoms with Gasteiger partial charge >= 0.3 is 11.9 Å². The highest BCUT2D eigenvalue weighted by Gasteiger charge is 2.59. The lowest BCUT2D eigenvalue weighted by atomic mass is 9.79. The Morgan fingerprint density at radius 3 is 1.68 bits per heavy atom. The second kappa shape index (κ2) is 31.9. The predicted molar refractivity (Wildman–Crippen MR) is 333 cm³/mol. The smallest absolute Gasteiger partial charge is 0.338 e. The number of rotatable bonds is 24. The largest absolute Gasteiger partial charge is 0.508 e. The Labute approximate surface area is 569 Å². The van der Waals surface area contributed by atoms with Crippen LogP contribution < -0.4 is 20.7 Å². The molecule has 0 aliphatic carbocycles. The average molecular weight is 1430 g/mol. The number of aliphatic carboxylic acids is 1. The number of hydrogen-bond donors (Lipinski definition) is 20.